The molecule has 0 fully saturated rings. The summed E-state index contributed by atoms with van der Waals surface area (Å²) in [5, 5.41) is 0. The van der Waals surface area contributed by atoms with Crippen molar-refractivity contribution in [1.82, 2.24) is 0 Å². The van der Waals surface area contributed by atoms with Gasteiger partial charge in [0.15, 0.2) is 10.3 Å². The van der Waals surface area contributed by atoms with Crippen LogP contribution in [0.1, 0.15) is 102 Å². The van der Waals surface area contributed by atoms with Crippen LogP contribution in [0.3, 0.4) is 0 Å². The number of hydrogen-bond donors (Lipinski definition) is 0. The number of anilines is 2. The van der Waals surface area contributed by atoms with E-state index in [1.165, 1.54) is 70.6 Å². The summed E-state index contributed by atoms with van der Waals surface area (Å²) in [6.45, 7) is 2.84. The molecule has 0 bridgehead atoms. The normalized spacial score (nSPS) is 15.1. The topological polar surface area (TPSA) is 63.7 Å². The van der Waals surface area contributed by atoms with Gasteiger partial charge >= 0.3 is 29.6 Å². The van der Waals surface area contributed by atoms with E-state index in [9.17, 15) is 13.0 Å². The maximum atomic E-state index is 12.3. The predicted octanol–water partition coefficient (Wildman–Crippen LogP) is 4.78. The van der Waals surface area contributed by atoms with Gasteiger partial charge in [0.2, 0.25) is 0 Å². The first-order chi connectivity index (χ1) is 17.0. The first-order valence-corrected chi connectivity index (χ1v) is 15.0. The standard InChI is InChI=1S/C29H44N2O3S.Na/c1-2-3-4-5-6-7-8-9-10-11-12-13-17-24-29-30(25-26-20-15-14-16-21-26)27-22-18-19-23-28(27)31(29)35(32,33)34;/h14-16,18-23,29H,2-13,17,24-25H2,1H3,(H,32,33,34);/q;+1/p-1. The molecule has 36 heavy (non-hydrogen) atoms. The molecule has 7 heteroatoms. The van der Waals surface area contributed by atoms with E-state index >= 15 is 0 Å². The van der Waals surface area contributed by atoms with E-state index < -0.39 is 16.5 Å². The van der Waals surface area contributed by atoms with Gasteiger partial charge in [-0.3, -0.25) is 4.31 Å². The molecule has 194 valence electrons. The van der Waals surface area contributed by atoms with Crippen LogP contribution in [-0.2, 0) is 16.8 Å². The number of hydrogen-bond acceptors (Lipinski definition) is 4. The van der Waals surface area contributed by atoms with Crippen molar-refractivity contribution in [2.75, 3.05) is 9.21 Å². The van der Waals surface area contributed by atoms with Crippen molar-refractivity contribution in [2.45, 2.75) is 110 Å². The summed E-state index contributed by atoms with van der Waals surface area (Å²) in [6, 6.07) is 17.4. The van der Waals surface area contributed by atoms with Gasteiger partial charge in [0, 0.05) is 6.54 Å². The summed E-state index contributed by atoms with van der Waals surface area (Å²) in [6.07, 6.45) is 16.7. The molecule has 1 atom stereocenters. The molecule has 1 aliphatic rings. The van der Waals surface area contributed by atoms with Crippen molar-refractivity contribution in [1.29, 1.82) is 0 Å². The Morgan fingerprint density at radius 3 is 1.69 bits per heavy atom. The van der Waals surface area contributed by atoms with Crippen LogP contribution in [0.25, 0.3) is 0 Å². The molecule has 0 aliphatic carbocycles. The fourth-order valence-corrected chi connectivity index (χ4v) is 6.11. The molecule has 1 unspecified atom stereocenters. The molecule has 0 aromatic heterocycles. The van der Waals surface area contributed by atoms with Crippen LogP contribution in [0.2, 0.25) is 0 Å². The SMILES string of the molecule is CCCCCCCCCCCCCCCC1N(Cc2ccccc2)c2ccccc2N1S(=O)(=O)[O-].[Na+]. The number of nitrogens with zero attached hydrogens (tertiary/aromatic N) is 2. The van der Waals surface area contributed by atoms with Crippen LogP contribution in [0, 0.1) is 0 Å². The molecule has 3 rings (SSSR count). The third kappa shape index (κ3) is 9.68. The van der Waals surface area contributed by atoms with Gasteiger partial charge in [-0.25, -0.2) is 8.42 Å². The van der Waals surface area contributed by atoms with Gasteiger partial charge in [0.25, 0.3) is 0 Å². The number of benzene rings is 2. The van der Waals surface area contributed by atoms with E-state index in [2.05, 4.69) is 11.8 Å². The monoisotopic (exact) mass is 522 g/mol. The van der Waals surface area contributed by atoms with E-state index in [4.69, 9.17) is 0 Å². The fraction of sp³-hybridized carbons (Fsp3) is 0.586. The molecule has 0 saturated heterocycles. The minimum Gasteiger partial charge on any atom is -0.731 e. The quantitative estimate of drug-likeness (QED) is 0.170. The Morgan fingerprint density at radius 1 is 0.694 bits per heavy atom. The van der Waals surface area contributed by atoms with Gasteiger partial charge in [-0.1, -0.05) is 126 Å². The largest absolute Gasteiger partial charge is 1.00 e. The van der Waals surface area contributed by atoms with Crippen molar-refractivity contribution in [2.24, 2.45) is 0 Å². The summed E-state index contributed by atoms with van der Waals surface area (Å²) in [5.41, 5.74) is 2.41. The molecule has 0 radical (unpaired) electrons. The molecular formula is C29H43N2NaO3S. The second-order valence-electron chi connectivity index (χ2n) is 9.87. The molecular weight excluding hydrogens is 479 g/mol. The minimum atomic E-state index is -4.62. The van der Waals surface area contributed by atoms with Gasteiger partial charge in [0.05, 0.1) is 11.4 Å². The summed E-state index contributed by atoms with van der Waals surface area (Å²) < 4.78 is 37.9. The Bertz CT molecular complexity index is 971. The third-order valence-corrected chi connectivity index (χ3v) is 7.98. The van der Waals surface area contributed by atoms with Crippen molar-refractivity contribution in [3.05, 3.63) is 60.2 Å². The van der Waals surface area contributed by atoms with E-state index in [1.54, 1.807) is 12.1 Å². The van der Waals surface area contributed by atoms with Crippen LogP contribution in [0.5, 0.6) is 0 Å². The Labute approximate surface area is 241 Å². The molecule has 0 spiro atoms. The molecule has 2 aromatic rings. The predicted molar refractivity (Wildman–Crippen MR) is 145 cm³/mol. The van der Waals surface area contributed by atoms with E-state index in [1.807, 2.05) is 42.5 Å². The first-order valence-electron chi connectivity index (χ1n) is 13.7. The van der Waals surface area contributed by atoms with Crippen molar-refractivity contribution in [3.8, 4) is 0 Å². The van der Waals surface area contributed by atoms with Crippen LogP contribution in [0.15, 0.2) is 54.6 Å². The number of rotatable bonds is 17. The Kier molecular flexibility index (Phi) is 14.5. The number of unbranched alkanes of at least 4 members (excludes halogenated alkanes) is 12. The Hall–Kier alpha value is -1.05. The second kappa shape index (κ2) is 16.7. The van der Waals surface area contributed by atoms with Crippen LogP contribution >= 0.6 is 0 Å². The number of fused-ring (bicyclic) bond motifs is 1. The maximum absolute atomic E-state index is 12.3. The molecule has 0 amide bonds. The average molecular weight is 523 g/mol. The second-order valence-corrected chi connectivity index (χ2v) is 11.1. The molecule has 5 nitrogen and oxygen atoms in total. The van der Waals surface area contributed by atoms with Crippen LogP contribution < -0.4 is 38.8 Å². The average Bonchev–Trinajstić information content (AvgIpc) is 3.16. The van der Waals surface area contributed by atoms with Crippen molar-refractivity contribution in [3.63, 3.8) is 0 Å². The van der Waals surface area contributed by atoms with Gasteiger partial charge < -0.3 is 9.45 Å². The number of para-hydroxylation sites is 2. The van der Waals surface area contributed by atoms with E-state index in [-0.39, 0.29) is 29.6 Å². The molecule has 2 aromatic carbocycles. The van der Waals surface area contributed by atoms with Gasteiger partial charge in [-0.2, -0.15) is 0 Å². The Morgan fingerprint density at radius 2 is 1.17 bits per heavy atom. The van der Waals surface area contributed by atoms with Gasteiger partial charge in [-0.15, -0.1) is 0 Å². The molecule has 0 saturated carbocycles. The summed E-state index contributed by atoms with van der Waals surface area (Å²) in [7, 11) is -4.62. The molecule has 1 heterocycles. The molecule has 0 N–H and O–H groups in total. The van der Waals surface area contributed by atoms with Crippen molar-refractivity contribution >= 4 is 21.7 Å². The molecule has 1 aliphatic heterocycles. The zero-order chi connectivity index (χ0) is 24.9. The van der Waals surface area contributed by atoms with Crippen LogP contribution in [-0.4, -0.2) is 19.1 Å². The Balaban J connectivity index is 0.00000456. The van der Waals surface area contributed by atoms with Gasteiger partial charge in [-0.05, 0) is 30.5 Å². The first kappa shape index (κ1) is 31.2. The van der Waals surface area contributed by atoms with Gasteiger partial charge in [0.1, 0.15) is 6.17 Å². The minimum absolute atomic E-state index is 0. The van der Waals surface area contributed by atoms with E-state index in [0.717, 1.165) is 28.4 Å². The summed E-state index contributed by atoms with van der Waals surface area (Å²) in [4.78, 5) is 2.08. The zero-order valence-corrected chi connectivity index (χ0v) is 25.2. The van der Waals surface area contributed by atoms with Crippen LogP contribution in [0.4, 0.5) is 11.4 Å². The zero-order valence-electron chi connectivity index (χ0n) is 22.4. The third-order valence-electron chi connectivity index (χ3n) is 7.06. The smallest absolute Gasteiger partial charge is 0.731 e. The maximum Gasteiger partial charge on any atom is 1.00 e. The fourth-order valence-electron chi connectivity index (χ4n) is 5.20. The van der Waals surface area contributed by atoms with E-state index in [0.29, 0.717) is 18.7 Å². The van der Waals surface area contributed by atoms with Crippen molar-refractivity contribution < 1.29 is 42.5 Å². The summed E-state index contributed by atoms with van der Waals surface area (Å²) in [5.74, 6) is 0. The summed E-state index contributed by atoms with van der Waals surface area (Å²) >= 11 is 0.